The first-order valence-corrected chi connectivity index (χ1v) is 22.4. The predicted molar refractivity (Wildman–Crippen MR) is 263 cm³/mol. The molecule has 0 unspecified atom stereocenters. The number of allylic oxidation sites excluding steroid dienone is 11. The fourth-order valence-electron chi connectivity index (χ4n) is 7.85. The minimum Gasteiger partial charge on any atom is -0.481 e. The number of aliphatic hydroxyl groups is 1. The molecule has 11 nitrogen and oxygen atoms in total. The lowest BCUT2D eigenvalue weighted by molar-refractivity contribution is -0.138. The van der Waals surface area contributed by atoms with E-state index in [0.717, 1.165) is 50.5 Å². The van der Waals surface area contributed by atoms with Gasteiger partial charge in [0.15, 0.2) is 11.6 Å². The molecule has 0 saturated heterocycles. The topological polar surface area (TPSA) is 166 Å². The number of rotatable bonds is 17. The SMILES string of the molecule is CC1=C/C(=C2C=C(/C=C/c3ccc(N=Nc4ccc(N(c5cccc(CCOCO)c5)c5cccc(CCC(=O)O)c5)cc4CCC(=O)O)cc3)C(=O)C(C(C)(C)C)=C\2)C=C(C(C)(C)C)C1=O. The summed E-state index contributed by atoms with van der Waals surface area (Å²) in [7, 11) is 0. The van der Waals surface area contributed by atoms with Gasteiger partial charge in [-0.1, -0.05) is 90.1 Å². The van der Waals surface area contributed by atoms with Gasteiger partial charge in [0.1, 0.15) is 6.79 Å². The number of aliphatic carboxylic acids is 2. The number of ketones is 2. The van der Waals surface area contributed by atoms with E-state index in [1.165, 1.54) is 0 Å². The number of carbonyl (C=O) groups excluding carboxylic acids is 2. The molecule has 3 N–H and O–H groups in total. The molecule has 0 bridgehead atoms. The Kier molecular flexibility index (Phi) is 15.8. The summed E-state index contributed by atoms with van der Waals surface area (Å²) in [5.41, 5.74) is 10.4. The van der Waals surface area contributed by atoms with Crippen LogP contribution in [0.3, 0.4) is 0 Å². The average Bonchev–Trinajstić information content (AvgIpc) is 3.28. The van der Waals surface area contributed by atoms with Gasteiger partial charge >= 0.3 is 11.9 Å². The van der Waals surface area contributed by atoms with Crippen molar-refractivity contribution in [2.45, 2.75) is 80.6 Å². The number of carbonyl (C=O) groups is 4. The van der Waals surface area contributed by atoms with Crippen molar-refractivity contribution < 1.29 is 39.2 Å². The molecule has 6 rings (SSSR count). The van der Waals surface area contributed by atoms with E-state index < -0.39 is 17.4 Å². The molecule has 0 amide bonds. The summed E-state index contributed by atoms with van der Waals surface area (Å²) in [6, 6.07) is 28.6. The Morgan fingerprint density at radius 2 is 1.21 bits per heavy atom. The zero-order valence-electron chi connectivity index (χ0n) is 39.3. The van der Waals surface area contributed by atoms with E-state index >= 15 is 0 Å². The highest BCUT2D eigenvalue weighted by molar-refractivity contribution is 6.14. The van der Waals surface area contributed by atoms with E-state index in [0.29, 0.717) is 53.1 Å². The molecule has 2 aliphatic rings. The van der Waals surface area contributed by atoms with Crippen molar-refractivity contribution in [3.8, 4) is 0 Å². The molecule has 4 aromatic rings. The van der Waals surface area contributed by atoms with Crippen LogP contribution in [-0.2, 0) is 43.2 Å². The van der Waals surface area contributed by atoms with Crippen LogP contribution in [0, 0.1) is 10.8 Å². The van der Waals surface area contributed by atoms with Gasteiger partial charge in [0.2, 0.25) is 0 Å². The fourth-order valence-corrected chi connectivity index (χ4v) is 7.85. The van der Waals surface area contributed by atoms with Gasteiger partial charge in [-0.2, -0.15) is 10.2 Å². The Balaban J connectivity index is 1.30. The number of carboxylic acids is 2. The number of hydrogen-bond acceptors (Lipinski definition) is 9. The van der Waals surface area contributed by atoms with Gasteiger partial charge in [-0.05, 0) is 155 Å². The van der Waals surface area contributed by atoms with E-state index in [2.05, 4.69) is 10.2 Å². The van der Waals surface area contributed by atoms with Crippen molar-refractivity contribution in [3.05, 3.63) is 177 Å². The van der Waals surface area contributed by atoms with Crippen molar-refractivity contribution >= 4 is 58.0 Å². The molecule has 0 radical (unpaired) electrons. The molecule has 11 heteroatoms. The van der Waals surface area contributed by atoms with Crippen LogP contribution in [0.4, 0.5) is 28.4 Å². The Morgan fingerprint density at radius 1 is 0.642 bits per heavy atom. The van der Waals surface area contributed by atoms with E-state index in [1.54, 1.807) is 0 Å². The third-order valence-corrected chi connectivity index (χ3v) is 11.5. The van der Waals surface area contributed by atoms with Crippen LogP contribution in [0.5, 0.6) is 0 Å². The molecular formula is C56H59N3O8. The van der Waals surface area contributed by atoms with Crippen molar-refractivity contribution in [1.82, 2.24) is 0 Å². The fraction of sp³-hybridized carbons (Fsp3) is 0.286. The third kappa shape index (κ3) is 13.1. The highest BCUT2D eigenvalue weighted by atomic mass is 16.6. The molecule has 0 aromatic heterocycles. The monoisotopic (exact) mass is 901 g/mol. The van der Waals surface area contributed by atoms with Gasteiger partial charge < -0.3 is 25.0 Å². The lowest BCUT2D eigenvalue weighted by atomic mass is 9.75. The van der Waals surface area contributed by atoms with Crippen molar-refractivity contribution in [2.24, 2.45) is 21.1 Å². The second-order valence-corrected chi connectivity index (χ2v) is 18.8. The number of carboxylic acid groups (broad SMARTS) is 2. The zero-order valence-corrected chi connectivity index (χ0v) is 39.3. The highest BCUT2D eigenvalue weighted by Gasteiger charge is 2.31. The van der Waals surface area contributed by atoms with E-state index in [4.69, 9.17) is 9.84 Å². The minimum absolute atomic E-state index is 0.0164. The molecule has 2 aliphatic carbocycles. The number of ether oxygens (including phenoxy) is 1. The number of hydrogen-bond donors (Lipinski definition) is 3. The predicted octanol–water partition coefficient (Wildman–Crippen LogP) is 12.4. The molecule has 0 heterocycles. The van der Waals surface area contributed by atoms with Gasteiger partial charge in [-0.25, -0.2) is 0 Å². The average molecular weight is 902 g/mol. The van der Waals surface area contributed by atoms with Gasteiger partial charge in [-0.3, -0.25) is 19.2 Å². The van der Waals surface area contributed by atoms with Crippen LogP contribution in [0.15, 0.2) is 165 Å². The second kappa shape index (κ2) is 21.5. The van der Waals surface area contributed by atoms with Gasteiger partial charge in [0, 0.05) is 46.6 Å². The highest BCUT2D eigenvalue weighted by Crippen LogP contribution is 2.40. The maximum absolute atomic E-state index is 13.9. The Labute approximate surface area is 392 Å². The Morgan fingerprint density at radius 3 is 1.81 bits per heavy atom. The lowest BCUT2D eigenvalue weighted by Gasteiger charge is -2.28. The summed E-state index contributed by atoms with van der Waals surface area (Å²) in [5, 5.41) is 37.3. The molecule has 0 atom stereocenters. The van der Waals surface area contributed by atoms with Crippen LogP contribution in [0.2, 0.25) is 0 Å². The van der Waals surface area contributed by atoms with Crippen LogP contribution in [-0.4, -0.2) is 52.2 Å². The molecule has 0 saturated carbocycles. The molecular weight excluding hydrogens is 843 g/mol. The molecule has 0 fully saturated rings. The standard InChI is InChI=1S/C56H59N3O8/c1-36-28-42(33-48(53(36)65)55(2,3)4)43-31-41(54(66)49(34-43)56(5,6)7)18-14-37-15-20-44(21-16-37)57-58-50-23-22-47(32-40(50)19-25-52(63)64)59(45-12-8-10-38(29-45)17-24-51(61)62)46-13-9-11-39(30-46)26-27-67-35-60/h8-16,18,20-23,28-34,60H,17,19,24-27,35H2,1-7H3,(H,61,62)(H,63,64)/b18-14+,43-42-,58-57?. The van der Waals surface area contributed by atoms with Crippen molar-refractivity contribution in [1.29, 1.82) is 0 Å². The summed E-state index contributed by atoms with van der Waals surface area (Å²) in [6.45, 7) is 13.9. The Hall–Kier alpha value is -7.08. The van der Waals surface area contributed by atoms with Gasteiger partial charge in [-0.15, -0.1) is 0 Å². The number of Topliss-reactive ketones (excluding diaryl/α,β-unsaturated/α-hetero) is 2. The number of anilines is 3. The maximum atomic E-state index is 13.9. The summed E-state index contributed by atoms with van der Waals surface area (Å²) in [5.74, 6) is -1.86. The van der Waals surface area contributed by atoms with Crippen LogP contribution < -0.4 is 4.90 Å². The molecule has 0 spiro atoms. The van der Waals surface area contributed by atoms with Gasteiger partial charge in [0.25, 0.3) is 0 Å². The van der Waals surface area contributed by atoms with Crippen LogP contribution in [0.25, 0.3) is 6.08 Å². The first-order valence-electron chi connectivity index (χ1n) is 22.4. The summed E-state index contributed by atoms with van der Waals surface area (Å²) in [4.78, 5) is 52.3. The number of benzene rings is 4. The normalized spacial score (nSPS) is 15.7. The number of nitrogens with zero attached hydrogens (tertiary/aromatic N) is 3. The Bertz CT molecular complexity index is 2770. The molecule has 67 heavy (non-hydrogen) atoms. The molecule has 0 aliphatic heterocycles. The summed E-state index contributed by atoms with van der Waals surface area (Å²) in [6.07, 6.45) is 12.4. The lowest BCUT2D eigenvalue weighted by Crippen LogP contribution is -2.23. The first kappa shape index (κ1) is 49.4. The van der Waals surface area contributed by atoms with E-state index in [9.17, 15) is 29.4 Å². The van der Waals surface area contributed by atoms with E-state index in [1.807, 2.05) is 181 Å². The number of aliphatic hydroxyl groups excluding tert-OH is 1. The van der Waals surface area contributed by atoms with Crippen molar-refractivity contribution in [3.63, 3.8) is 0 Å². The van der Waals surface area contributed by atoms with Crippen LogP contribution >= 0.6 is 0 Å². The van der Waals surface area contributed by atoms with E-state index in [-0.39, 0.29) is 43.0 Å². The number of aryl methyl sites for hydroxylation is 2. The van der Waals surface area contributed by atoms with Gasteiger partial charge in [0.05, 0.1) is 18.0 Å². The minimum atomic E-state index is -0.953. The number of azo groups is 1. The molecule has 4 aromatic carbocycles. The summed E-state index contributed by atoms with van der Waals surface area (Å²) >= 11 is 0. The van der Waals surface area contributed by atoms with Crippen LogP contribution in [0.1, 0.15) is 83.6 Å². The first-order chi connectivity index (χ1) is 31.8. The molecule has 346 valence electrons. The maximum Gasteiger partial charge on any atom is 0.303 e. The summed E-state index contributed by atoms with van der Waals surface area (Å²) < 4.78 is 5.19. The van der Waals surface area contributed by atoms with Crippen molar-refractivity contribution in [2.75, 3.05) is 18.3 Å². The smallest absolute Gasteiger partial charge is 0.303 e. The second-order valence-electron chi connectivity index (χ2n) is 18.8. The third-order valence-electron chi connectivity index (χ3n) is 11.5. The quantitative estimate of drug-likeness (QED) is 0.0531. The largest absolute Gasteiger partial charge is 0.481 e. The zero-order chi connectivity index (χ0) is 48.5.